The van der Waals surface area contributed by atoms with Gasteiger partial charge in [-0.15, -0.1) is 0 Å². The van der Waals surface area contributed by atoms with Crippen molar-refractivity contribution in [2.45, 2.75) is 6.54 Å². The largest absolute Gasteiger partial charge is 0.490 e. The Balaban J connectivity index is 1.72. The van der Waals surface area contributed by atoms with E-state index in [-0.39, 0.29) is 0 Å². The van der Waals surface area contributed by atoms with Crippen molar-refractivity contribution >= 4 is 0 Å². The van der Waals surface area contributed by atoms with E-state index < -0.39 is 0 Å². The fourth-order valence-corrected chi connectivity index (χ4v) is 1.47. The van der Waals surface area contributed by atoms with E-state index in [4.69, 9.17) is 15.2 Å². The van der Waals surface area contributed by atoms with Crippen LogP contribution in [0.5, 0.6) is 11.5 Å². The van der Waals surface area contributed by atoms with Crippen molar-refractivity contribution in [1.29, 1.82) is 0 Å². The van der Waals surface area contributed by atoms with Crippen molar-refractivity contribution in [1.82, 2.24) is 4.98 Å². The maximum Gasteiger partial charge on any atom is 0.137 e. The van der Waals surface area contributed by atoms with Gasteiger partial charge in [-0.1, -0.05) is 12.1 Å². The molecule has 4 heteroatoms. The number of rotatable bonds is 6. The van der Waals surface area contributed by atoms with Gasteiger partial charge in [0.1, 0.15) is 24.7 Å². The zero-order valence-electron chi connectivity index (χ0n) is 10.1. The van der Waals surface area contributed by atoms with Gasteiger partial charge in [-0.25, -0.2) is 0 Å². The first kappa shape index (κ1) is 12.4. The average Bonchev–Trinajstić information content (AvgIpc) is 2.45. The topological polar surface area (TPSA) is 57.4 Å². The number of nitrogens with zero attached hydrogens (tertiary/aromatic N) is 1. The van der Waals surface area contributed by atoms with E-state index in [1.54, 1.807) is 12.4 Å². The number of hydrogen-bond acceptors (Lipinski definition) is 4. The number of benzene rings is 1. The molecule has 0 unspecified atom stereocenters. The minimum absolute atomic E-state index is 0.490. The number of ether oxygens (including phenoxy) is 2. The molecule has 0 amide bonds. The Morgan fingerprint density at radius 2 is 1.67 bits per heavy atom. The van der Waals surface area contributed by atoms with Crippen LogP contribution < -0.4 is 15.2 Å². The molecule has 0 spiro atoms. The van der Waals surface area contributed by atoms with Gasteiger partial charge < -0.3 is 15.2 Å². The van der Waals surface area contributed by atoms with Gasteiger partial charge in [0.05, 0.1) is 6.20 Å². The summed E-state index contributed by atoms with van der Waals surface area (Å²) >= 11 is 0. The van der Waals surface area contributed by atoms with Gasteiger partial charge in [0, 0.05) is 12.7 Å². The second kappa shape index (κ2) is 6.61. The summed E-state index contributed by atoms with van der Waals surface area (Å²) in [6.45, 7) is 1.53. The van der Waals surface area contributed by atoms with Crippen molar-refractivity contribution in [3.63, 3.8) is 0 Å². The molecule has 0 fully saturated rings. The highest BCUT2D eigenvalue weighted by Gasteiger charge is 1.96. The molecule has 0 bridgehead atoms. The van der Waals surface area contributed by atoms with Gasteiger partial charge in [-0.2, -0.15) is 0 Å². The molecule has 0 aliphatic rings. The summed E-state index contributed by atoms with van der Waals surface area (Å²) in [5.41, 5.74) is 6.61. The van der Waals surface area contributed by atoms with Crippen molar-refractivity contribution in [3.05, 3.63) is 54.4 Å². The van der Waals surface area contributed by atoms with Crippen LogP contribution in [0.3, 0.4) is 0 Å². The summed E-state index contributed by atoms with van der Waals surface area (Å²) in [6, 6.07) is 11.4. The van der Waals surface area contributed by atoms with Crippen LogP contribution in [0.1, 0.15) is 5.56 Å². The smallest absolute Gasteiger partial charge is 0.137 e. The Kier molecular flexibility index (Phi) is 4.55. The third-order valence-corrected chi connectivity index (χ3v) is 2.41. The summed E-state index contributed by atoms with van der Waals surface area (Å²) in [5.74, 6) is 1.57. The molecule has 0 aliphatic heterocycles. The first-order valence-electron chi connectivity index (χ1n) is 5.83. The average molecular weight is 244 g/mol. The van der Waals surface area contributed by atoms with Crippen LogP contribution in [0.2, 0.25) is 0 Å². The van der Waals surface area contributed by atoms with E-state index in [0.29, 0.717) is 19.8 Å². The Morgan fingerprint density at radius 3 is 2.28 bits per heavy atom. The van der Waals surface area contributed by atoms with Crippen LogP contribution in [0.15, 0.2) is 48.8 Å². The van der Waals surface area contributed by atoms with Gasteiger partial charge in [0.25, 0.3) is 0 Å². The second-order valence-electron chi connectivity index (χ2n) is 3.73. The van der Waals surface area contributed by atoms with E-state index in [1.807, 2.05) is 36.4 Å². The predicted molar refractivity (Wildman–Crippen MR) is 69.6 cm³/mol. The standard InChI is InChI=1S/C14H16N2O2/c15-10-12-3-5-13(6-4-12)17-8-9-18-14-2-1-7-16-11-14/h1-7,11H,8-10,15H2. The third kappa shape index (κ3) is 3.75. The van der Waals surface area contributed by atoms with Crippen LogP contribution in [-0.4, -0.2) is 18.2 Å². The van der Waals surface area contributed by atoms with E-state index >= 15 is 0 Å². The van der Waals surface area contributed by atoms with Crippen LogP contribution >= 0.6 is 0 Å². The highest BCUT2D eigenvalue weighted by atomic mass is 16.5. The Labute approximate surface area is 106 Å². The van der Waals surface area contributed by atoms with E-state index in [2.05, 4.69) is 4.98 Å². The van der Waals surface area contributed by atoms with Crippen LogP contribution in [0.25, 0.3) is 0 Å². The van der Waals surface area contributed by atoms with Crippen LogP contribution in [-0.2, 0) is 6.54 Å². The zero-order chi connectivity index (χ0) is 12.6. The number of aromatic nitrogens is 1. The monoisotopic (exact) mass is 244 g/mol. The van der Waals surface area contributed by atoms with Crippen molar-refractivity contribution in [2.24, 2.45) is 5.73 Å². The predicted octanol–water partition coefficient (Wildman–Crippen LogP) is 2.00. The summed E-state index contributed by atoms with van der Waals surface area (Å²) in [5, 5.41) is 0. The first-order valence-corrected chi connectivity index (χ1v) is 5.83. The Bertz CT molecular complexity index is 457. The summed E-state index contributed by atoms with van der Waals surface area (Å²) in [4.78, 5) is 3.96. The first-order chi connectivity index (χ1) is 8.88. The van der Waals surface area contributed by atoms with E-state index in [1.165, 1.54) is 0 Å². The normalized spacial score (nSPS) is 10.1. The lowest BCUT2D eigenvalue weighted by Gasteiger charge is -2.08. The Hall–Kier alpha value is -2.07. The molecular formula is C14H16N2O2. The Morgan fingerprint density at radius 1 is 0.944 bits per heavy atom. The van der Waals surface area contributed by atoms with Gasteiger partial charge in [0.2, 0.25) is 0 Å². The van der Waals surface area contributed by atoms with Crippen molar-refractivity contribution in [3.8, 4) is 11.5 Å². The lowest BCUT2D eigenvalue weighted by molar-refractivity contribution is 0.216. The molecule has 94 valence electrons. The number of hydrogen-bond donors (Lipinski definition) is 1. The van der Waals surface area contributed by atoms with Gasteiger partial charge in [-0.3, -0.25) is 4.98 Å². The summed E-state index contributed by atoms with van der Waals surface area (Å²) < 4.78 is 11.0. The minimum Gasteiger partial charge on any atom is -0.490 e. The third-order valence-electron chi connectivity index (χ3n) is 2.41. The molecule has 2 aromatic rings. The maximum atomic E-state index is 5.54. The molecule has 1 aromatic heterocycles. The molecule has 1 heterocycles. The lowest BCUT2D eigenvalue weighted by atomic mass is 10.2. The number of nitrogens with two attached hydrogens (primary N) is 1. The maximum absolute atomic E-state index is 5.54. The van der Waals surface area contributed by atoms with Crippen LogP contribution in [0, 0.1) is 0 Å². The van der Waals surface area contributed by atoms with Crippen molar-refractivity contribution in [2.75, 3.05) is 13.2 Å². The SMILES string of the molecule is NCc1ccc(OCCOc2cccnc2)cc1. The summed E-state index contributed by atoms with van der Waals surface area (Å²) in [7, 11) is 0. The van der Waals surface area contributed by atoms with E-state index in [9.17, 15) is 0 Å². The molecule has 4 nitrogen and oxygen atoms in total. The molecule has 0 saturated heterocycles. The van der Waals surface area contributed by atoms with Crippen molar-refractivity contribution < 1.29 is 9.47 Å². The van der Waals surface area contributed by atoms with Gasteiger partial charge >= 0.3 is 0 Å². The second-order valence-corrected chi connectivity index (χ2v) is 3.73. The molecular weight excluding hydrogens is 228 g/mol. The fraction of sp³-hybridized carbons (Fsp3) is 0.214. The molecule has 0 aliphatic carbocycles. The molecule has 0 radical (unpaired) electrons. The molecule has 0 atom stereocenters. The minimum atomic E-state index is 0.490. The highest BCUT2D eigenvalue weighted by molar-refractivity contribution is 5.27. The molecule has 2 N–H and O–H groups in total. The fourth-order valence-electron chi connectivity index (χ4n) is 1.47. The molecule has 0 saturated carbocycles. The molecule has 1 aromatic carbocycles. The summed E-state index contributed by atoms with van der Waals surface area (Å²) in [6.07, 6.45) is 3.39. The number of pyridine rings is 1. The zero-order valence-corrected chi connectivity index (χ0v) is 10.1. The molecule has 18 heavy (non-hydrogen) atoms. The lowest BCUT2D eigenvalue weighted by Crippen LogP contribution is -2.09. The highest BCUT2D eigenvalue weighted by Crippen LogP contribution is 2.12. The van der Waals surface area contributed by atoms with Crippen LogP contribution in [0.4, 0.5) is 0 Å². The van der Waals surface area contributed by atoms with E-state index in [0.717, 1.165) is 17.1 Å². The molecule has 2 rings (SSSR count). The van der Waals surface area contributed by atoms with Gasteiger partial charge in [0.15, 0.2) is 0 Å². The quantitative estimate of drug-likeness (QED) is 0.790. The van der Waals surface area contributed by atoms with Gasteiger partial charge in [-0.05, 0) is 29.8 Å².